The molecular weight excluding hydrogens is 288 g/mol. The highest BCUT2D eigenvalue weighted by Crippen LogP contribution is 2.27. The molecule has 116 valence electrons. The molecule has 1 fully saturated rings. The van der Waals surface area contributed by atoms with Crippen LogP contribution in [0.1, 0.15) is 38.7 Å². The van der Waals surface area contributed by atoms with Crippen molar-refractivity contribution in [2.75, 3.05) is 0 Å². The van der Waals surface area contributed by atoms with Crippen LogP contribution in [0.2, 0.25) is 0 Å². The van der Waals surface area contributed by atoms with E-state index in [9.17, 15) is 4.79 Å². The van der Waals surface area contributed by atoms with Crippen molar-refractivity contribution in [2.45, 2.75) is 63.2 Å². The fourth-order valence-corrected chi connectivity index (χ4v) is 2.94. The van der Waals surface area contributed by atoms with Crippen LogP contribution in [0.3, 0.4) is 0 Å². The Morgan fingerprint density at radius 1 is 1.33 bits per heavy atom. The molecule has 0 spiro atoms. The average Bonchev–Trinajstić information content (AvgIpc) is 2.45. The van der Waals surface area contributed by atoms with Crippen LogP contribution in [0.15, 0.2) is 30.3 Å². The summed E-state index contributed by atoms with van der Waals surface area (Å²) in [7, 11) is 0. The van der Waals surface area contributed by atoms with Crippen LogP contribution in [-0.2, 0) is 20.7 Å². The molecule has 1 heterocycles. The van der Waals surface area contributed by atoms with Gasteiger partial charge in [-0.1, -0.05) is 30.3 Å². The zero-order valence-electron chi connectivity index (χ0n) is 12.6. The van der Waals surface area contributed by atoms with E-state index in [0.29, 0.717) is 6.42 Å². The van der Waals surface area contributed by atoms with Gasteiger partial charge < -0.3 is 9.47 Å². The number of halogens is 1. The number of alkyl halides is 1. The smallest absolute Gasteiger partial charge is 0.335 e. The van der Waals surface area contributed by atoms with E-state index in [0.717, 1.165) is 19.3 Å². The van der Waals surface area contributed by atoms with Crippen molar-refractivity contribution in [1.82, 2.24) is 0 Å². The lowest BCUT2D eigenvalue weighted by atomic mass is 9.98. The molecule has 0 N–H and O–H groups in total. The second kappa shape index (κ2) is 7.81. The Kier molecular flexibility index (Phi) is 6.07. The number of hydrogen-bond acceptors (Lipinski definition) is 3. The lowest BCUT2D eigenvalue weighted by Crippen LogP contribution is -2.40. The molecule has 3 atom stereocenters. The third kappa shape index (κ3) is 5.33. The van der Waals surface area contributed by atoms with Crippen molar-refractivity contribution < 1.29 is 14.3 Å². The third-order valence-corrected chi connectivity index (χ3v) is 3.91. The maximum atomic E-state index is 12.0. The molecule has 0 amide bonds. The summed E-state index contributed by atoms with van der Waals surface area (Å²) in [4.78, 5) is 12.0. The van der Waals surface area contributed by atoms with Gasteiger partial charge in [-0.05, 0) is 38.7 Å². The quantitative estimate of drug-likeness (QED) is 0.614. The van der Waals surface area contributed by atoms with Gasteiger partial charge in [-0.25, -0.2) is 4.79 Å². The van der Waals surface area contributed by atoms with Gasteiger partial charge in [0.2, 0.25) is 0 Å². The molecule has 0 aliphatic carbocycles. The zero-order valence-corrected chi connectivity index (χ0v) is 13.4. The fraction of sp³-hybridized carbons (Fsp3) is 0.588. The van der Waals surface area contributed by atoms with E-state index in [4.69, 9.17) is 21.1 Å². The molecule has 1 aromatic rings. The topological polar surface area (TPSA) is 35.5 Å². The Morgan fingerprint density at radius 3 is 2.71 bits per heavy atom. The monoisotopic (exact) mass is 310 g/mol. The van der Waals surface area contributed by atoms with Crippen molar-refractivity contribution in [3.63, 3.8) is 0 Å². The lowest BCUT2D eigenvalue weighted by molar-refractivity contribution is -0.169. The SMILES string of the molecule is CC(C)OC(=O)[C@@H]1C[C@H](Cl)C[C@H](CCc2ccccc2)O1. The van der Waals surface area contributed by atoms with Gasteiger partial charge in [-0.15, -0.1) is 11.6 Å². The molecule has 0 bridgehead atoms. The van der Waals surface area contributed by atoms with Gasteiger partial charge in [0.1, 0.15) is 0 Å². The third-order valence-electron chi connectivity index (χ3n) is 3.56. The zero-order chi connectivity index (χ0) is 15.2. The summed E-state index contributed by atoms with van der Waals surface area (Å²) in [5.41, 5.74) is 1.28. The predicted molar refractivity (Wildman–Crippen MR) is 83.5 cm³/mol. The molecule has 1 aliphatic heterocycles. The van der Waals surface area contributed by atoms with E-state index >= 15 is 0 Å². The molecule has 3 nitrogen and oxygen atoms in total. The Hall–Kier alpha value is -1.06. The van der Waals surface area contributed by atoms with Crippen molar-refractivity contribution in [2.24, 2.45) is 0 Å². The maximum absolute atomic E-state index is 12.0. The lowest BCUT2D eigenvalue weighted by Gasteiger charge is -2.32. The molecule has 4 heteroatoms. The van der Waals surface area contributed by atoms with E-state index in [-0.39, 0.29) is 23.6 Å². The first-order chi connectivity index (χ1) is 10.0. The molecule has 2 rings (SSSR count). The van der Waals surface area contributed by atoms with Gasteiger partial charge in [-0.2, -0.15) is 0 Å². The van der Waals surface area contributed by atoms with Gasteiger partial charge in [0.05, 0.1) is 12.2 Å². The van der Waals surface area contributed by atoms with Crippen LogP contribution in [0.5, 0.6) is 0 Å². The molecule has 1 aliphatic rings. The first-order valence-electron chi connectivity index (χ1n) is 7.58. The Balaban J connectivity index is 1.87. The molecule has 1 saturated heterocycles. The summed E-state index contributed by atoms with van der Waals surface area (Å²) in [6.45, 7) is 3.68. The van der Waals surface area contributed by atoms with E-state index in [1.54, 1.807) is 0 Å². The van der Waals surface area contributed by atoms with Crippen molar-refractivity contribution in [3.05, 3.63) is 35.9 Å². The second-order valence-electron chi connectivity index (χ2n) is 5.83. The van der Waals surface area contributed by atoms with E-state index < -0.39 is 6.10 Å². The molecule has 0 radical (unpaired) electrons. The number of aryl methyl sites for hydroxylation is 1. The minimum Gasteiger partial charge on any atom is -0.461 e. The first kappa shape index (κ1) is 16.3. The second-order valence-corrected chi connectivity index (χ2v) is 6.44. The highest BCUT2D eigenvalue weighted by molar-refractivity contribution is 6.20. The number of carbonyl (C=O) groups excluding carboxylic acids is 1. The van der Waals surface area contributed by atoms with Crippen LogP contribution in [-0.4, -0.2) is 29.7 Å². The van der Waals surface area contributed by atoms with Crippen LogP contribution in [0.4, 0.5) is 0 Å². The summed E-state index contributed by atoms with van der Waals surface area (Å²) in [5.74, 6) is -0.292. The Labute approximate surface area is 131 Å². The minimum absolute atomic E-state index is 0.0196. The van der Waals surface area contributed by atoms with Crippen LogP contribution in [0, 0.1) is 0 Å². The summed E-state index contributed by atoms with van der Waals surface area (Å²) in [5, 5.41) is -0.0239. The van der Waals surface area contributed by atoms with Gasteiger partial charge in [0.25, 0.3) is 0 Å². The minimum atomic E-state index is -0.524. The molecule has 0 saturated carbocycles. The first-order valence-corrected chi connectivity index (χ1v) is 8.02. The number of benzene rings is 1. The van der Waals surface area contributed by atoms with Crippen molar-refractivity contribution in [1.29, 1.82) is 0 Å². The van der Waals surface area contributed by atoms with Gasteiger partial charge >= 0.3 is 5.97 Å². The van der Waals surface area contributed by atoms with Crippen LogP contribution >= 0.6 is 11.6 Å². The number of rotatable bonds is 5. The highest BCUT2D eigenvalue weighted by Gasteiger charge is 2.33. The molecule has 21 heavy (non-hydrogen) atoms. The highest BCUT2D eigenvalue weighted by atomic mass is 35.5. The summed E-state index contributed by atoms with van der Waals surface area (Å²) in [6.07, 6.45) is 2.50. The Bertz CT molecular complexity index is 447. The van der Waals surface area contributed by atoms with Crippen molar-refractivity contribution in [3.8, 4) is 0 Å². The largest absolute Gasteiger partial charge is 0.461 e. The van der Waals surface area contributed by atoms with E-state index in [2.05, 4.69) is 12.1 Å². The van der Waals surface area contributed by atoms with Gasteiger partial charge in [-0.3, -0.25) is 0 Å². The normalized spacial score (nSPS) is 25.8. The average molecular weight is 311 g/mol. The van der Waals surface area contributed by atoms with Gasteiger partial charge in [0.15, 0.2) is 6.10 Å². The van der Waals surface area contributed by atoms with Gasteiger partial charge in [0, 0.05) is 11.8 Å². The standard InChI is InChI=1S/C17H23ClO3/c1-12(2)20-17(19)16-11-14(18)10-15(21-16)9-8-13-6-4-3-5-7-13/h3-7,12,14-16H,8-11H2,1-2H3/t14-,15+,16+/m1/s1. The summed E-state index contributed by atoms with van der Waals surface area (Å²) >= 11 is 6.28. The Morgan fingerprint density at radius 2 is 2.05 bits per heavy atom. The molecular formula is C17H23ClO3. The maximum Gasteiger partial charge on any atom is 0.335 e. The molecule has 0 unspecified atom stereocenters. The summed E-state index contributed by atoms with van der Waals surface area (Å²) in [6, 6.07) is 10.3. The number of ether oxygens (including phenoxy) is 2. The predicted octanol–water partition coefficient (Wildman–Crippen LogP) is 3.73. The molecule has 0 aromatic heterocycles. The van der Waals surface area contributed by atoms with Crippen LogP contribution in [0.25, 0.3) is 0 Å². The van der Waals surface area contributed by atoms with E-state index in [1.807, 2.05) is 32.0 Å². The van der Waals surface area contributed by atoms with Crippen LogP contribution < -0.4 is 0 Å². The number of carbonyl (C=O) groups is 1. The number of hydrogen-bond donors (Lipinski definition) is 0. The van der Waals surface area contributed by atoms with E-state index in [1.165, 1.54) is 5.56 Å². The molecule has 1 aromatic carbocycles. The van der Waals surface area contributed by atoms with Crippen molar-refractivity contribution >= 4 is 17.6 Å². The number of esters is 1. The summed E-state index contributed by atoms with van der Waals surface area (Å²) < 4.78 is 11.1. The fourth-order valence-electron chi connectivity index (χ4n) is 2.58.